The molecule has 0 aliphatic rings. The summed E-state index contributed by atoms with van der Waals surface area (Å²) < 4.78 is 48.7. The van der Waals surface area contributed by atoms with Gasteiger partial charge in [-0.1, -0.05) is 39.0 Å². The SMILES string of the molecule is COP(=S)(OCC(C)(C)c1nnc(C(F)(F)F)s1)C(C)C. The van der Waals surface area contributed by atoms with Crippen molar-refractivity contribution in [2.24, 2.45) is 0 Å². The lowest BCUT2D eigenvalue weighted by molar-refractivity contribution is -0.138. The lowest BCUT2D eigenvalue weighted by Gasteiger charge is -2.29. The predicted octanol–water partition coefficient (Wildman–Crippen LogP) is 4.22. The Kier molecular flexibility index (Phi) is 5.94. The van der Waals surface area contributed by atoms with Crippen molar-refractivity contribution in [2.45, 2.75) is 44.9 Å². The van der Waals surface area contributed by atoms with E-state index in [0.717, 1.165) is 0 Å². The number of alkyl halides is 3. The van der Waals surface area contributed by atoms with E-state index in [-0.39, 0.29) is 17.3 Å². The molecule has 0 aliphatic carbocycles. The average Bonchev–Trinajstić information content (AvgIpc) is 2.86. The zero-order valence-electron chi connectivity index (χ0n) is 12.4. The first kappa shape index (κ1) is 19.0. The third-order valence-electron chi connectivity index (χ3n) is 2.74. The molecular formula is C11H18F3N2O2PS2. The molecule has 0 aromatic carbocycles. The van der Waals surface area contributed by atoms with Crippen LogP contribution >= 0.6 is 17.8 Å². The van der Waals surface area contributed by atoms with Gasteiger partial charge in [0, 0.05) is 18.2 Å². The Bertz CT molecular complexity index is 532. The van der Waals surface area contributed by atoms with Crippen LogP contribution in [0.3, 0.4) is 0 Å². The van der Waals surface area contributed by atoms with Gasteiger partial charge in [-0.05, 0) is 11.8 Å². The van der Waals surface area contributed by atoms with E-state index >= 15 is 0 Å². The zero-order valence-corrected chi connectivity index (χ0v) is 14.9. The van der Waals surface area contributed by atoms with Crippen LogP contribution in [0.1, 0.15) is 37.7 Å². The van der Waals surface area contributed by atoms with Crippen LogP contribution in [0, 0.1) is 0 Å². The van der Waals surface area contributed by atoms with Gasteiger partial charge in [0.25, 0.3) is 0 Å². The van der Waals surface area contributed by atoms with Crippen molar-refractivity contribution < 1.29 is 22.2 Å². The van der Waals surface area contributed by atoms with E-state index in [1.807, 2.05) is 13.8 Å². The maximum atomic E-state index is 12.6. The molecule has 0 spiro atoms. The maximum Gasteiger partial charge on any atom is 0.445 e. The first-order chi connectivity index (χ1) is 9.42. The highest BCUT2D eigenvalue weighted by atomic mass is 32.5. The Morgan fingerprint density at radius 1 is 1.24 bits per heavy atom. The molecule has 122 valence electrons. The van der Waals surface area contributed by atoms with Crippen molar-refractivity contribution in [3.05, 3.63) is 10.0 Å². The molecular weight excluding hydrogens is 344 g/mol. The van der Waals surface area contributed by atoms with Gasteiger partial charge in [-0.3, -0.25) is 0 Å². The molecule has 1 unspecified atom stereocenters. The summed E-state index contributed by atoms with van der Waals surface area (Å²) in [4.78, 5) is 0. The van der Waals surface area contributed by atoms with Crippen LogP contribution in [0.25, 0.3) is 0 Å². The highest BCUT2D eigenvalue weighted by molar-refractivity contribution is 8.10. The van der Waals surface area contributed by atoms with E-state index in [9.17, 15) is 13.2 Å². The fourth-order valence-corrected chi connectivity index (χ4v) is 3.62. The van der Waals surface area contributed by atoms with Gasteiger partial charge in [0.15, 0.2) is 6.49 Å². The Hall–Kier alpha value is -0.0800. The monoisotopic (exact) mass is 362 g/mol. The molecule has 1 rings (SSSR count). The first-order valence-corrected chi connectivity index (χ1v) is 9.66. The number of hydrogen-bond donors (Lipinski definition) is 0. The molecule has 10 heteroatoms. The van der Waals surface area contributed by atoms with Gasteiger partial charge < -0.3 is 9.05 Å². The normalized spacial score (nSPS) is 16.2. The summed E-state index contributed by atoms with van der Waals surface area (Å²) in [6.07, 6.45) is -4.48. The fourth-order valence-electron chi connectivity index (χ4n) is 1.34. The van der Waals surface area contributed by atoms with Crippen molar-refractivity contribution in [3.8, 4) is 0 Å². The molecule has 1 aromatic rings. The summed E-state index contributed by atoms with van der Waals surface area (Å²) in [6.45, 7) is 4.95. The summed E-state index contributed by atoms with van der Waals surface area (Å²) >= 11 is 5.89. The Labute approximate surface area is 131 Å². The van der Waals surface area contributed by atoms with Gasteiger partial charge in [0.05, 0.1) is 6.61 Å². The number of halogens is 3. The van der Waals surface area contributed by atoms with E-state index < -0.39 is 23.1 Å². The lowest BCUT2D eigenvalue weighted by atomic mass is 9.96. The van der Waals surface area contributed by atoms with E-state index in [2.05, 4.69) is 10.2 Å². The maximum absolute atomic E-state index is 12.6. The number of rotatable bonds is 6. The summed E-state index contributed by atoms with van der Waals surface area (Å²) in [5, 5.41) is 6.13. The largest absolute Gasteiger partial charge is 0.445 e. The quantitative estimate of drug-likeness (QED) is 0.709. The molecule has 1 heterocycles. The molecule has 0 fully saturated rings. The first-order valence-electron chi connectivity index (χ1n) is 6.13. The molecule has 0 radical (unpaired) electrons. The molecule has 0 saturated carbocycles. The fraction of sp³-hybridized carbons (Fsp3) is 0.818. The van der Waals surface area contributed by atoms with E-state index in [1.165, 1.54) is 7.11 Å². The minimum Gasteiger partial charge on any atom is -0.332 e. The highest BCUT2D eigenvalue weighted by Crippen LogP contribution is 2.53. The molecule has 1 atom stereocenters. The van der Waals surface area contributed by atoms with Crippen LogP contribution in [0.5, 0.6) is 0 Å². The van der Waals surface area contributed by atoms with Crippen molar-refractivity contribution >= 4 is 29.6 Å². The van der Waals surface area contributed by atoms with Gasteiger partial charge in [-0.15, -0.1) is 10.2 Å². The van der Waals surface area contributed by atoms with Crippen molar-refractivity contribution in [1.82, 2.24) is 10.2 Å². The smallest absolute Gasteiger partial charge is 0.332 e. The van der Waals surface area contributed by atoms with Crippen LogP contribution in [-0.2, 0) is 32.4 Å². The average molecular weight is 362 g/mol. The lowest BCUT2D eigenvalue weighted by Crippen LogP contribution is -2.24. The Balaban J connectivity index is 2.87. The molecule has 0 amide bonds. The van der Waals surface area contributed by atoms with E-state index in [0.29, 0.717) is 11.3 Å². The van der Waals surface area contributed by atoms with Crippen LogP contribution in [0.15, 0.2) is 0 Å². The molecule has 0 bridgehead atoms. The van der Waals surface area contributed by atoms with Crippen LogP contribution < -0.4 is 0 Å². The van der Waals surface area contributed by atoms with Gasteiger partial charge in [-0.25, -0.2) is 0 Å². The van der Waals surface area contributed by atoms with Gasteiger partial charge in [0.2, 0.25) is 5.01 Å². The molecule has 1 aromatic heterocycles. The minimum absolute atomic E-state index is 0.0217. The molecule has 0 N–H and O–H groups in total. The van der Waals surface area contributed by atoms with Crippen LogP contribution in [0.4, 0.5) is 13.2 Å². The van der Waals surface area contributed by atoms with Gasteiger partial charge in [-0.2, -0.15) is 13.2 Å². The zero-order chi connectivity index (χ0) is 16.5. The van der Waals surface area contributed by atoms with E-state index in [4.69, 9.17) is 20.9 Å². The second-order valence-corrected chi connectivity index (χ2v) is 10.6. The number of hydrogen-bond acceptors (Lipinski definition) is 6. The number of nitrogens with zero attached hydrogens (tertiary/aromatic N) is 2. The molecule has 4 nitrogen and oxygen atoms in total. The van der Waals surface area contributed by atoms with Crippen molar-refractivity contribution in [3.63, 3.8) is 0 Å². The summed E-state index contributed by atoms with van der Waals surface area (Å²) in [5.74, 6) is 0. The summed E-state index contributed by atoms with van der Waals surface area (Å²) in [6, 6.07) is 0. The van der Waals surface area contributed by atoms with Gasteiger partial charge in [0.1, 0.15) is 5.01 Å². The van der Waals surface area contributed by atoms with Crippen molar-refractivity contribution in [1.29, 1.82) is 0 Å². The Morgan fingerprint density at radius 3 is 2.14 bits per heavy atom. The van der Waals surface area contributed by atoms with Crippen LogP contribution in [-0.4, -0.2) is 29.6 Å². The summed E-state index contributed by atoms with van der Waals surface area (Å²) in [7, 11) is 1.49. The molecule has 0 aliphatic heterocycles. The third kappa shape index (κ3) is 4.69. The van der Waals surface area contributed by atoms with Crippen molar-refractivity contribution in [2.75, 3.05) is 13.7 Å². The minimum atomic E-state index is -4.48. The Morgan fingerprint density at radius 2 is 1.76 bits per heavy atom. The highest BCUT2D eigenvalue weighted by Gasteiger charge is 2.38. The standard InChI is InChI=1S/C11H18F3N2O2PS2/c1-7(2)19(20,17-5)18-6-10(3,4)8-15-16-9(21-8)11(12,13)14/h7H,6H2,1-5H3. The molecule has 21 heavy (non-hydrogen) atoms. The topological polar surface area (TPSA) is 44.2 Å². The predicted molar refractivity (Wildman–Crippen MR) is 80.3 cm³/mol. The number of aromatic nitrogens is 2. The second-order valence-electron chi connectivity index (χ2n) is 5.38. The van der Waals surface area contributed by atoms with Gasteiger partial charge >= 0.3 is 6.18 Å². The summed E-state index contributed by atoms with van der Waals surface area (Å²) in [5.41, 5.74) is -0.702. The second kappa shape index (κ2) is 6.58. The third-order valence-corrected chi connectivity index (χ3v) is 8.36. The van der Waals surface area contributed by atoms with Crippen LogP contribution in [0.2, 0.25) is 0 Å². The van der Waals surface area contributed by atoms with E-state index in [1.54, 1.807) is 13.8 Å². The molecule has 0 saturated heterocycles.